The van der Waals surface area contributed by atoms with E-state index in [0.717, 1.165) is 30.3 Å². The van der Waals surface area contributed by atoms with Crippen LogP contribution in [0.4, 0.5) is 14.5 Å². The number of halogens is 5. The maximum Gasteiger partial charge on any atom is 0.263 e. The van der Waals surface area contributed by atoms with Gasteiger partial charge in [-0.05, 0) is 46.3 Å². The van der Waals surface area contributed by atoms with Gasteiger partial charge in [-0.2, -0.15) is 0 Å². The highest BCUT2D eigenvalue weighted by Crippen LogP contribution is 2.34. The molecule has 2 aromatic rings. The summed E-state index contributed by atoms with van der Waals surface area (Å²) in [5.41, 5.74) is -0.0709. The average molecular weight is 417 g/mol. The molecule has 2 rings (SSSR count). The molecule has 0 bridgehead atoms. The summed E-state index contributed by atoms with van der Waals surface area (Å²) in [6, 6.07) is 4.90. The van der Waals surface area contributed by atoms with Crippen molar-refractivity contribution in [3.8, 4) is 0 Å². The number of sulfonamides is 1. The van der Waals surface area contributed by atoms with Crippen molar-refractivity contribution >= 4 is 54.8 Å². The summed E-state index contributed by atoms with van der Waals surface area (Å²) in [7, 11) is -4.18. The third-order valence-corrected chi connectivity index (χ3v) is 5.18. The zero-order valence-corrected chi connectivity index (χ0v) is 13.9. The quantitative estimate of drug-likeness (QED) is 0.778. The summed E-state index contributed by atoms with van der Waals surface area (Å²) in [5, 5.41) is -0.309. The molecule has 0 heterocycles. The second kappa shape index (κ2) is 6.08. The Labute approximate surface area is 138 Å². The third kappa shape index (κ3) is 3.66. The van der Waals surface area contributed by atoms with Crippen LogP contribution in [0.3, 0.4) is 0 Å². The number of nitrogens with one attached hydrogen (secondary N) is 1. The zero-order valence-electron chi connectivity index (χ0n) is 10.0. The van der Waals surface area contributed by atoms with Crippen LogP contribution in [0.15, 0.2) is 39.7 Å². The Hall–Kier alpha value is -0.890. The molecule has 112 valence electrons. The lowest BCUT2D eigenvalue weighted by atomic mass is 10.3. The Kier molecular flexibility index (Phi) is 4.77. The highest BCUT2D eigenvalue weighted by atomic mass is 79.9. The number of hydrogen-bond donors (Lipinski definition) is 1. The van der Waals surface area contributed by atoms with Crippen LogP contribution in [-0.4, -0.2) is 8.42 Å². The molecule has 0 amide bonds. The molecule has 0 aliphatic carbocycles. The maximum absolute atomic E-state index is 13.2. The highest BCUT2D eigenvalue weighted by molar-refractivity contribution is 9.10. The largest absolute Gasteiger partial charge is 0.277 e. The van der Waals surface area contributed by atoms with Crippen LogP contribution >= 0.6 is 39.1 Å². The van der Waals surface area contributed by atoms with Crippen molar-refractivity contribution in [1.82, 2.24) is 0 Å². The van der Waals surface area contributed by atoms with Crippen LogP contribution in [-0.2, 0) is 10.0 Å². The normalized spacial score (nSPS) is 11.5. The van der Waals surface area contributed by atoms with Crippen LogP contribution in [0.25, 0.3) is 0 Å². The molecule has 0 fully saturated rings. The molecule has 0 aliphatic rings. The molecule has 2 aromatic carbocycles. The molecule has 0 spiro atoms. The predicted octanol–water partition coefficient (Wildman–Crippen LogP) is 4.83. The lowest BCUT2D eigenvalue weighted by Crippen LogP contribution is -2.14. The number of rotatable bonds is 3. The molecular formula is C12H6BrCl2F2NO2S. The van der Waals surface area contributed by atoms with Crippen molar-refractivity contribution in [3.63, 3.8) is 0 Å². The summed E-state index contributed by atoms with van der Waals surface area (Å²) in [6.45, 7) is 0. The Morgan fingerprint density at radius 1 is 1.00 bits per heavy atom. The van der Waals surface area contributed by atoms with Gasteiger partial charge < -0.3 is 0 Å². The molecule has 0 aliphatic heterocycles. The molecule has 0 radical (unpaired) electrons. The van der Waals surface area contributed by atoms with E-state index in [1.807, 2.05) is 0 Å². The van der Waals surface area contributed by atoms with Gasteiger partial charge in [0.25, 0.3) is 10.0 Å². The summed E-state index contributed by atoms with van der Waals surface area (Å²) in [4.78, 5) is -0.448. The van der Waals surface area contributed by atoms with Gasteiger partial charge in [0, 0.05) is 4.47 Å². The molecule has 0 atom stereocenters. The molecule has 1 N–H and O–H groups in total. The Morgan fingerprint density at radius 2 is 1.67 bits per heavy atom. The van der Waals surface area contributed by atoms with E-state index < -0.39 is 26.6 Å². The lowest BCUT2D eigenvalue weighted by molar-refractivity contribution is 0.595. The van der Waals surface area contributed by atoms with E-state index in [4.69, 9.17) is 23.2 Å². The Bertz CT molecular complexity index is 792. The molecule has 21 heavy (non-hydrogen) atoms. The molecule has 0 saturated carbocycles. The molecular weight excluding hydrogens is 411 g/mol. The van der Waals surface area contributed by atoms with Gasteiger partial charge in [0.1, 0.15) is 16.5 Å². The fourth-order valence-electron chi connectivity index (χ4n) is 1.51. The van der Waals surface area contributed by atoms with Crippen molar-refractivity contribution in [1.29, 1.82) is 0 Å². The minimum Gasteiger partial charge on any atom is -0.277 e. The second-order valence-corrected chi connectivity index (χ2v) is 7.24. The van der Waals surface area contributed by atoms with Crippen LogP contribution in [0, 0.1) is 11.6 Å². The minimum absolute atomic E-state index is 0.0709. The van der Waals surface area contributed by atoms with Crippen LogP contribution < -0.4 is 4.72 Å². The minimum atomic E-state index is -4.18. The molecule has 0 unspecified atom stereocenters. The molecule has 9 heteroatoms. The first-order chi connectivity index (χ1) is 9.70. The highest BCUT2D eigenvalue weighted by Gasteiger charge is 2.21. The summed E-state index contributed by atoms with van der Waals surface area (Å²) in [5.74, 6) is -1.40. The summed E-state index contributed by atoms with van der Waals surface area (Å²) < 4.78 is 53.0. The second-order valence-electron chi connectivity index (χ2n) is 3.92. The first-order valence-corrected chi connectivity index (χ1v) is 8.36. The number of anilines is 1. The van der Waals surface area contributed by atoms with E-state index >= 15 is 0 Å². The van der Waals surface area contributed by atoms with Gasteiger partial charge in [-0.3, -0.25) is 4.72 Å². The number of hydrogen-bond acceptors (Lipinski definition) is 2. The van der Waals surface area contributed by atoms with Crippen molar-refractivity contribution in [3.05, 3.63) is 56.5 Å². The van der Waals surface area contributed by atoms with Gasteiger partial charge in [-0.25, -0.2) is 17.2 Å². The van der Waals surface area contributed by atoms with E-state index in [-0.39, 0.29) is 20.2 Å². The smallest absolute Gasteiger partial charge is 0.263 e. The topological polar surface area (TPSA) is 46.2 Å². The average Bonchev–Trinajstić information content (AvgIpc) is 2.36. The SMILES string of the molecule is O=S(=O)(Nc1c(Cl)cc(F)cc1Br)c1cc(F)ccc1Cl. The summed E-state index contributed by atoms with van der Waals surface area (Å²) in [6.07, 6.45) is 0. The van der Waals surface area contributed by atoms with Crippen molar-refractivity contribution in [2.24, 2.45) is 0 Å². The Morgan fingerprint density at radius 3 is 2.29 bits per heavy atom. The fraction of sp³-hybridized carbons (Fsp3) is 0. The van der Waals surface area contributed by atoms with Gasteiger partial charge >= 0.3 is 0 Å². The van der Waals surface area contributed by atoms with Gasteiger partial charge in [-0.15, -0.1) is 0 Å². The fourth-order valence-corrected chi connectivity index (χ4v) is 4.21. The van der Waals surface area contributed by atoms with Crippen LogP contribution in [0.1, 0.15) is 0 Å². The molecule has 0 saturated heterocycles. The van der Waals surface area contributed by atoms with E-state index in [1.165, 1.54) is 0 Å². The van der Waals surface area contributed by atoms with E-state index in [2.05, 4.69) is 20.7 Å². The van der Waals surface area contributed by atoms with E-state index in [9.17, 15) is 17.2 Å². The van der Waals surface area contributed by atoms with Crippen molar-refractivity contribution in [2.75, 3.05) is 4.72 Å². The van der Waals surface area contributed by atoms with Gasteiger partial charge in [-0.1, -0.05) is 23.2 Å². The van der Waals surface area contributed by atoms with E-state index in [0.29, 0.717) is 0 Å². The van der Waals surface area contributed by atoms with E-state index in [1.54, 1.807) is 0 Å². The number of benzene rings is 2. The molecule has 0 aromatic heterocycles. The van der Waals surface area contributed by atoms with Crippen molar-refractivity contribution in [2.45, 2.75) is 4.90 Å². The van der Waals surface area contributed by atoms with Crippen molar-refractivity contribution < 1.29 is 17.2 Å². The monoisotopic (exact) mass is 415 g/mol. The van der Waals surface area contributed by atoms with Gasteiger partial charge in [0.15, 0.2) is 0 Å². The lowest BCUT2D eigenvalue weighted by Gasteiger charge is -2.12. The summed E-state index contributed by atoms with van der Waals surface area (Å²) >= 11 is 14.6. The van der Waals surface area contributed by atoms with Gasteiger partial charge in [0.05, 0.1) is 15.7 Å². The van der Waals surface area contributed by atoms with Crippen LogP contribution in [0.5, 0.6) is 0 Å². The standard InChI is InChI=1S/C12H6BrCl2F2NO2S/c13-8-3-7(17)4-10(15)12(8)18-21(19,20)11-5-6(16)1-2-9(11)14/h1-5,18H. The first-order valence-electron chi connectivity index (χ1n) is 5.33. The maximum atomic E-state index is 13.2. The van der Waals surface area contributed by atoms with Crippen LogP contribution in [0.2, 0.25) is 10.0 Å². The first kappa shape index (κ1) is 16.5. The predicted molar refractivity (Wildman–Crippen MR) is 81.3 cm³/mol. The zero-order chi connectivity index (χ0) is 15.8. The molecule has 3 nitrogen and oxygen atoms in total. The Balaban J connectivity index is 2.50. The third-order valence-electron chi connectivity index (χ3n) is 2.43. The van der Waals surface area contributed by atoms with Gasteiger partial charge in [0.2, 0.25) is 0 Å².